The summed E-state index contributed by atoms with van der Waals surface area (Å²) in [4.78, 5) is 12.5. The van der Waals surface area contributed by atoms with Gasteiger partial charge in [-0.05, 0) is 49.2 Å². The van der Waals surface area contributed by atoms with Crippen LogP contribution in [0.2, 0.25) is 0 Å². The maximum atomic E-state index is 11.1. The zero-order chi connectivity index (χ0) is 16.1. The molecule has 0 spiro atoms. The van der Waals surface area contributed by atoms with Crippen LogP contribution in [0.25, 0.3) is 0 Å². The van der Waals surface area contributed by atoms with Crippen LogP contribution in [0, 0.1) is 0 Å². The average molecular weight is 313 g/mol. The fourth-order valence-corrected chi connectivity index (χ4v) is 2.68. The first-order valence-electron chi connectivity index (χ1n) is 7.68. The molecule has 1 unspecified atom stereocenters. The summed E-state index contributed by atoms with van der Waals surface area (Å²) in [5.74, 6) is 2.23. The average Bonchev–Trinajstić information content (AvgIpc) is 3.04. The largest absolute Gasteiger partial charge is 0.491 e. The Morgan fingerprint density at radius 2 is 1.70 bits per heavy atom. The van der Waals surface area contributed by atoms with Crippen LogP contribution in [0.15, 0.2) is 54.6 Å². The number of ether oxygens (including phenoxy) is 2. The van der Waals surface area contributed by atoms with Gasteiger partial charge in [-0.2, -0.15) is 0 Å². The number of likely N-dealkylation sites (tertiary alicyclic amines) is 1. The summed E-state index contributed by atoms with van der Waals surface area (Å²) in [6.07, 6.45) is 0.869. The molecule has 1 atom stereocenters. The van der Waals surface area contributed by atoms with Crippen molar-refractivity contribution in [3.05, 3.63) is 54.6 Å². The molecule has 1 aliphatic heterocycles. The van der Waals surface area contributed by atoms with Crippen LogP contribution in [0.5, 0.6) is 17.2 Å². The summed E-state index contributed by atoms with van der Waals surface area (Å²) in [7, 11) is 0. The fourth-order valence-electron chi connectivity index (χ4n) is 2.68. The highest BCUT2D eigenvalue weighted by atomic mass is 16.5. The number of rotatable bonds is 5. The van der Waals surface area contributed by atoms with Gasteiger partial charge in [0.2, 0.25) is 0 Å². The first kappa shape index (κ1) is 15.2. The summed E-state index contributed by atoms with van der Waals surface area (Å²) < 4.78 is 11.4. The normalized spacial score (nSPS) is 17.0. The van der Waals surface area contributed by atoms with Crippen LogP contribution >= 0.6 is 0 Å². The SMILES string of the molecule is O=C(O)N1CCCC1COc1ccc(Oc2ccccc2)cc1. The molecule has 2 aromatic carbocycles. The van der Waals surface area contributed by atoms with Crippen molar-refractivity contribution < 1.29 is 19.4 Å². The van der Waals surface area contributed by atoms with Crippen molar-refractivity contribution in [2.75, 3.05) is 13.2 Å². The van der Waals surface area contributed by atoms with Crippen LogP contribution in [-0.4, -0.2) is 35.3 Å². The quantitative estimate of drug-likeness (QED) is 0.906. The number of amides is 1. The van der Waals surface area contributed by atoms with Crippen molar-refractivity contribution in [2.45, 2.75) is 18.9 Å². The number of carbonyl (C=O) groups is 1. The lowest BCUT2D eigenvalue weighted by molar-refractivity contribution is 0.123. The van der Waals surface area contributed by atoms with Crippen LogP contribution in [-0.2, 0) is 0 Å². The smallest absolute Gasteiger partial charge is 0.407 e. The second-order valence-electron chi connectivity index (χ2n) is 5.47. The van der Waals surface area contributed by atoms with Gasteiger partial charge in [-0.15, -0.1) is 0 Å². The molecule has 1 amide bonds. The highest BCUT2D eigenvalue weighted by Gasteiger charge is 2.28. The second kappa shape index (κ2) is 7.05. The van der Waals surface area contributed by atoms with Gasteiger partial charge in [-0.3, -0.25) is 0 Å². The molecule has 1 saturated heterocycles. The molecule has 23 heavy (non-hydrogen) atoms. The number of benzene rings is 2. The summed E-state index contributed by atoms with van der Waals surface area (Å²) >= 11 is 0. The Labute approximate surface area is 135 Å². The van der Waals surface area contributed by atoms with Crippen LogP contribution in [0.3, 0.4) is 0 Å². The first-order chi connectivity index (χ1) is 11.2. The molecule has 0 saturated carbocycles. The molecule has 1 heterocycles. The Kier molecular flexibility index (Phi) is 4.66. The Bertz CT molecular complexity index is 642. The van der Waals surface area contributed by atoms with E-state index in [1.807, 2.05) is 54.6 Å². The minimum atomic E-state index is -0.872. The van der Waals surface area contributed by atoms with Gasteiger partial charge in [0.05, 0.1) is 6.04 Å². The van der Waals surface area contributed by atoms with Gasteiger partial charge in [0.25, 0.3) is 0 Å². The van der Waals surface area contributed by atoms with E-state index in [0.29, 0.717) is 18.9 Å². The molecule has 1 N–H and O–H groups in total. The molecule has 3 rings (SSSR count). The minimum Gasteiger partial charge on any atom is -0.491 e. The molecule has 0 radical (unpaired) electrons. The van der Waals surface area contributed by atoms with Gasteiger partial charge >= 0.3 is 6.09 Å². The summed E-state index contributed by atoms with van der Waals surface area (Å²) in [5, 5.41) is 9.11. The van der Waals surface area contributed by atoms with E-state index in [-0.39, 0.29) is 6.04 Å². The lowest BCUT2D eigenvalue weighted by Gasteiger charge is -2.21. The molecule has 0 aliphatic carbocycles. The molecule has 1 aliphatic rings. The van der Waals surface area contributed by atoms with Crippen LogP contribution in [0.1, 0.15) is 12.8 Å². The van der Waals surface area contributed by atoms with Crippen molar-refractivity contribution in [1.29, 1.82) is 0 Å². The molecule has 5 nitrogen and oxygen atoms in total. The molecule has 120 valence electrons. The molecule has 0 bridgehead atoms. The van der Waals surface area contributed by atoms with E-state index in [2.05, 4.69) is 0 Å². The first-order valence-corrected chi connectivity index (χ1v) is 7.68. The molecule has 0 aromatic heterocycles. The summed E-state index contributed by atoms with van der Waals surface area (Å²) in [5.41, 5.74) is 0. The lowest BCUT2D eigenvalue weighted by Crippen LogP contribution is -2.37. The summed E-state index contributed by atoms with van der Waals surface area (Å²) in [6.45, 7) is 0.971. The van der Waals surface area contributed by atoms with Crippen LogP contribution in [0.4, 0.5) is 4.79 Å². The van der Waals surface area contributed by atoms with Crippen molar-refractivity contribution >= 4 is 6.09 Å². The molecule has 5 heteroatoms. The number of hydrogen-bond acceptors (Lipinski definition) is 3. The predicted octanol–water partition coefficient (Wildman–Crippen LogP) is 4.00. The van der Waals surface area contributed by atoms with Gasteiger partial charge in [-0.25, -0.2) is 4.79 Å². The van der Waals surface area contributed by atoms with E-state index in [9.17, 15) is 4.79 Å². The number of nitrogens with zero attached hydrogens (tertiary/aromatic N) is 1. The van der Waals surface area contributed by atoms with E-state index in [1.54, 1.807) is 0 Å². The van der Waals surface area contributed by atoms with E-state index < -0.39 is 6.09 Å². The number of carboxylic acid groups (broad SMARTS) is 1. The third-order valence-corrected chi connectivity index (χ3v) is 3.87. The fraction of sp³-hybridized carbons (Fsp3) is 0.278. The maximum Gasteiger partial charge on any atom is 0.407 e. The summed E-state index contributed by atoms with van der Waals surface area (Å²) in [6, 6.07) is 16.8. The van der Waals surface area contributed by atoms with Crippen molar-refractivity contribution in [1.82, 2.24) is 4.90 Å². The van der Waals surface area contributed by atoms with E-state index >= 15 is 0 Å². The predicted molar refractivity (Wildman–Crippen MR) is 86.2 cm³/mol. The highest BCUT2D eigenvalue weighted by Crippen LogP contribution is 2.24. The van der Waals surface area contributed by atoms with Gasteiger partial charge < -0.3 is 19.5 Å². The van der Waals surface area contributed by atoms with Crippen molar-refractivity contribution in [3.63, 3.8) is 0 Å². The minimum absolute atomic E-state index is 0.0623. The zero-order valence-corrected chi connectivity index (χ0v) is 12.7. The van der Waals surface area contributed by atoms with Gasteiger partial charge in [0.1, 0.15) is 23.9 Å². The standard InChI is InChI=1S/C18H19NO4/c20-18(21)19-12-4-5-14(19)13-22-15-8-10-17(11-9-15)23-16-6-2-1-3-7-16/h1-3,6-11,14H,4-5,12-13H2,(H,20,21). The van der Waals surface area contributed by atoms with Gasteiger partial charge in [-0.1, -0.05) is 18.2 Å². The third kappa shape index (κ3) is 3.94. The monoisotopic (exact) mass is 313 g/mol. The Morgan fingerprint density at radius 3 is 2.39 bits per heavy atom. The molecular formula is C18H19NO4. The van der Waals surface area contributed by atoms with E-state index in [1.165, 1.54) is 4.90 Å². The number of para-hydroxylation sites is 1. The van der Waals surface area contributed by atoms with Gasteiger partial charge in [0, 0.05) is 6.54 Å². The van der Waals surface area contributed by atoms with E-state index in [0.717, 1.165) is 24.3 Å². The third-order valence-electron chi connectivity index (χ3n) is 3.87. The second-order valence-corrected chi connectivity index (χ2v) is 5.47. The van der Waals surface area contributed by atoms with Gasteiger partial charge in [0.15, 0.2) is 0 Å². The topological polar surface area (TPSA) is 59.0 Å². The Morgan fingerprint density at radius 1 is 1.04 bits per heavy atom. The number of hydrogen-bond donors (Lipinski definition) is 1. The maximum absolute atomic E-state index is 11.1. The van der Waals surface area contributed by atoms with Crippen molar-refractivity contribution in [2.24, 2.45) is 0 Å². The lowest BCUT2D eigenvalue weighted by atomic mass is 10.2. The molecular weight excluding hydrogens is 294 g/mol. The Balaban J connectivity index is 1.54. The van der Waals surface area contributed by atoms with Crippen molar-refractivity contribution in [3.8, 4) is 17.2 Å². The zero-order valence-electron chi connectivity index (χ0n) is 12.7. The molecule has 1 fully saturated rings. The van der Waals surface area contributed by atoms with E-state index in [4.69, 9.17) is 14.6 Å². The molecule has 2 aromatic rings. The Hall–Kier alpha value is -2.69. The van der Waals surface area contributed by atoms with Crippen LogP contribution < -0.4 is 9.47 Å². The highest BCUT2D eigenvalue weighted by molar-refractivity contribution is 5.65.